The first kappa shape index (κ1) is 26.7. The standard InChI is InChI=1S/C26H48N4O3S/c1-5-6-9-28-25-29-22-18(3)21-23(31)19(7-8-26(21,4)16-20(22)34-25)17(2)24(32)27-10-11-30-12-14-33-15-13-30/h17-23,25,28-29,31H,5-16H2,1-4H3,(H,27,32)/t17-,18-,19+,20?,21+,22?,23-,25?,26+/m0/s1. The van der Waals surface area contributed by atoms with Gasteiger partial charge in [-0.1, -0.05) is 34.1 Å². The molecule has 34 heavy (non-hydrogen) atoms. The summed E-state index contributed by atoms with van der Waals surface area (Å²) in [6.07, 6.45) is 5.19. The van der Waals surface area contributed by atoms with Crippen molar-refractivity contribution in [2.24, 2.45) is 29.1 Å². The molecule has 2 heterocycles. The van der Waals surface area contributed by atoms with Crippen molar-refractivity contribution in [1.82, 2.24) is 20.9 Å². The van der Waals surface area contributed by atoms with E-state index in [0.717, 1.165) is 58.7 Å². The second-order valence-corrected chi connectivity index (χ2v) is 12.9. The predicted molar refractivity (Wildman–Crippen MR) is 139 cm³/mol. The number of hydrogen-bond acceptors (Lipinski definition) is 7. The summed E-state index contributed by atoms with van der Waals surface area (Å²) < 4.78 is 5.40. The molecular weight excluding hydrogens is 448 g/mol. The van der Waals surface area contributed by atoms with Crippen LogP contribution in [0.5, 0.6) is 0 Å². The molecule has 4 N–H and O–H groups in total. The van der Waals surface area contributed by atoms with Gasteiger partial charge in [-0.15, -0.1) is 11.8 Å². The summed E-state index contributed by atoms with van der Waals surface area (Å²) in [7, 11) is 0. The summed E-state index contributed by atoms with van der Waals surface area (Å²) in [6.45, 7) is 15.0. The van der Waals surface area contributed by atoms with Crippen LogP contribution in [0.1, 0.15) is 59.8 Å². The average molecular weight is 497 g/mol. The average Bonchev–Trinajstić information content (AvgIpc) is 3.22. The van der Waals surface area contributed by atoms with E-state index in [-0.39, 0.29) is 29.1 Å². The number of hydrogen-bond donors (Lipinski definition) is 4. The molecule has 0 aromatic carbocycles. The van der Waals surface area contributed by atoms with E-state index in [0.29, 0.717) is 29.3 Å². The fourth-order valence-corrected chi connectivity index (χ4v) is 8.98. The molecule has 0 radical (unpaired) electrons. The Hall–Kier alpha value is -0.380. The maximum absolute atomic E-state index is 13.0. The number of carbonyl (C=O) groups is 1. The van der Waals surface area contributed by atoms with Crippen LogP contribution in [0, 0.1) is 29.1 Å². The molecule has 2 aliphatic carbocycles. The van der Waals surface area contributed by atoms with Gasteiger partial charge in [-0.25, -0.2) is 0 Å². The number of nitrogens with zero attached hydrogens (tertiary/aromatic N) is 1. The molecule has 4 fully saturated rings. The van der Waals surface area contributed by atoms with Crippen LogP contribution in [0.3, 0.4) is 0 Å². The maximum Gasteiger partial charge on any atom is 0.223 e. The highest BCUT2D eigenvalue weighted by molar-refractivity contribution is 8.00. The molecule has 2 saturated heterocycles. The topological polar surface area (TPSA) is 85.9 Å². The summed E-state index contributed by atoms with van der Waals surface area (Å²) in [6, 6.07) is 0.424. The third-order valence-electron chi connectivity index (χ3n) is 9.26. The molecule has 7 nitrogen and oxygen atoms in total. The van der Waals surface area contributed by atoms with Gasteiger partial charge in [0.25, 0.3) is 0 Å². The van der Waals surface area contributed by atoms with Gasteiger partial charge >= 0.3 is 0 Å². The number of aliphatic hydroxyl groups excluding tert-OH is 1. The highest BCUT2D eigenvalue weighted by Gasteiger charge is 2.58. The quantitative estimate of drug-likeness (QED) is 0.364. The summed E-state index contributed by atoms with van der Waals surface area (Å²) in [4.78, 5) is 15.4. The molecular formula is C26H48N4O3S. The minimum Gasteiger partial charge on any atom is -0.392 e. The van der Waals surface area contributed by atoms with E-state index in [9.17, 15) is 9.90 Å². The minimum atomic E-state index is -0.423. The molecule has 9 atom stereocenters. The normalized spacial score (nSPS) is 41.5. The molecule has 0 bridgehead atoms. The van der Waals surface area contributed by atoms with Crippen molar-refractivity contribution in [1.29, 1.82) is 0 Å². The van der Waals surface area contributed by atoms with E-state index in [1.54, 1.807) is 0 Å². The van der Waals surface area contributed by atoms with Gasteiger partial charge in [-0.3, -0.25) is 20.3 Å². The number of rotatable bonds is 9. The van der Waals surface area contributed by atoms with Gasteiger partial charge in [-0.2, -0.15) is 0 Å². The Morgan fingerprint density at radius 3 is 2.82 bits per heavy atom. The first-order valence-corrected chi connectivity index (χ1v) is 14.7. The number of carbonyl (C=O) groups excluding carboxylic acids is 1. The highest BCUT2D eigenvalue weighted by Crippen LogP contribution is 2.58. The Labute approximate surface area is 210 Å². The minimum absolute atomic E-state index is 0.0352. The molecule has 8 heteroatoms. The Balaban J connectivity index is 1.33. The predicted octanol–water partition coefficient (Wildman–Crippen LogP) is 2.25. The lowest BCUT2D eigenvalue weighted by Crippen LogP contribution is -2.60. The monoisotopic (exact) mass is 496 g/mol. The molecule has 0 aromatic heterocycles. The van der Waals surface area contributed by atoms with Gasteiger partial charge in [0.05, 0.1) is 19.3 Å². The number of ether oxygens (including phenoxy) is 1. The summed E-state index contributed by atoms with van der Waals surface area (Å²) in [5.74, 6) is 0.593. The van der Waals surface area contributed by atoms with Crippen molar-refractivity contribution >= 4 is 17.7 Å². The SMILES string of the molecule is CCCCNC1NC2C(C[C@@]3(C)CC[C@H]([C@H](C)C(=O)NCCN4CCOCC4)[C@H](O)[C@H]3[C@@H]2C)S1. The third kappa shape index (κ3) is 5.78. The summed E-state index contributed by atoms with van der Waals surface area (Å²) >= 11 is 2.06. The van der Waals surface area contributed by atoms with Gasteiger partial charge in [-0.05, 0) is 55.4 Å². The molecule has 0 spiro atoms. The van der Waals surface area contributed by atoms with E-state index < -0.39 is 6.10 Å². The van der Waals surface area contributed by atoms with Crippen molar-refractivity contribution in [2.45, 2.75) is 82.7 Å². The summed E-state index contributed by atoms with van der Waals surface area (Å²) in [5, 5.41) is 22.9. The van der Waals surface area contributed by atoms with E-state index in [1.807, 2.05) is 6.92 Å². The van der Waals surface area contributed by atoms with E-state index >= 15 is 0 Å². The molecule has 0 aromatic rings. The zero-order valence-corrected chi connectivity index (χ0v) is 22.5. The van der Waals surface area contributed by atoms with Crippen LogP contribution in [-0.2, 0) is 9.53 Å². The zero-order chi connectivity index (χ0) is 24.3. The largest absolute Gasteiger partial charge is 0.392 e. The van der Waals surface area contributed by atoms with Gasteiger partial charge < -0.3 is 15.2 Å². The van der Waals surface area contributed by atoms with Gasteiger partial charge in [0.15, 0.2) is 0 Å². The van der Waals surface area contributed by atoms with Gasteiger partial charge in [0, 0.05) is 43.4 Å². The molecule has 4 rings (SSSR count). The Kier molecular flexibility index (Phi) is 9.24. The first-order chi connectivity index (χ1) is 16.3. The van der Waals surface area contributed by atoms with Crippen molar-refractivity contribution in [2.75, 3.05) is 45.9 Å². The Morgan fingerprint density at radius 2 is 2.09 bits per heavy atom. The molecule has 2 saturated carbocycles. The van der Waals surface area contributed by atoms with Crippen LogP contribution in [0.2, 0.25) is 0 Å². The van der Waals surface area contributed by atoms with E-state index in [2.05, 4.69) is 53.4 Å². The molecule has 3 unspecified atom stereocenters. The molecule has 4 aliphatic rings. The Bertz CT molecular complexity index is 678. The van der Waals surface area contributed by atoms with Gasteiger partial charge in [0.2, 0.25) is 5.91 Å². The van der Waals surface area contributed by atoms with Crippen LogP contribution < -0.4 is 16.0 Å². The molecule has 196 valence electrons. The Morgan fingerprint density at radius 1 is 1.32 bits per heavy atom. The first-order valence-electron chi connectivity index (χ1n) is 13.7. The van der Waals surface area contributed by atoms with Crippen molar-refractivity contribution in [3.05, 3.63) is 0 Å². The lowest BCUT2D eigenvalue weighted by molar-refractivity contribution is -0.141. The fourth-order valence-electron chi connectivity index (χ4n) is 7.21. The third-order valence-corrected chi connectivity index (χ3v) is 10.6. The van der Waals surface area contributed by atoms with Crippen LogP contribution in [-0.4, -0.2) is 84.7 Å². The van der Waals surface area contributed by atoms with Crippen LogP contribution in [0.25, 0.3) is 0 Å². The van der Waals surface area contributed by atoms with Gasteiger partial charge in [0.1, 0.15) is 5.50 Å². The maximum atomic E-state index is 13.0. The number of nitrogens with one attached hydrogen (secondary N) is 3. The number of amides is 1. The van der Waals surface area contributed by atoms with Crippen molar-refractivity contribution < 1.29 is 14.6 Å². The lowest BCUT2D eigenvalue weighted by Gasteiger charge is -2.57. The number of aliphatic hydroxyl groups is 1. The molecule has 1 amide bonds. The zero-order valence-electron chi connectivity index (χ0n) is 21.7. The molecule has 2 aliphatic heterocycles. The summed E-state index contributed by atoms with van der Waals surface area (Å²) in [5.41, 5.74) is 0.465. The number of thioether (sulfide) groups is 1. The fraction of sp³-hybridized carbons (Fsp3) is 0.962. The van der Waals surface area contributed by atoms with Crippen LogP contribution >= 0.6 is 11.8 Å². The lowest BCUT2D eigenvalue weighted by atomic mass is 9.51. The smallest absolute Gasteiger partial charge is 0.223 e. The number of fused-ring (bicyclic) bond motifs is 2. The van der Waals surface area contributed by atoms with E-state index in [1.165, 1.54) is 12.8 Å². The second kappa shape index (κ2) is 11.8. The van der Waals surface area contributed by atoms with Crippen molar-refractivity contribution in [3.8, 4) is 0 Å². The van der Waals surface area contributed by atoms with E-state index in [4.69, 9.17) is 4.74 Å². The number of morpholine rings is 1. The van der Waals surface area contributed by atoms with Crippen LogP contribution in [0.4, 0.5) is 0 Å². The highest BCUT2D eigenvalue weighted by atomic mass is 32.2. The van der Waals surface area contributed by atoms with Crippen molar-refractivity contribution in [3.63, 3.8) is 0 Å². The van der Waals surface area contributed by atoms with Crippen LogP contribution in [0.15, 0.2) is 0 Å². The second-order valence-electron chi connectivity index (χ2n) is 11.5. The number of unbranched alkanes of at least 4 members (excludes halogenated alkanes) is 1.